The van der Waals surface area contributed by atoms with Crippen molar-refractivity contribution in [3.63, 3.8) is 0 Å². The second-order valence-electron chi connectivity index (χ2n) is 5.28. The molecule has 1 aromatic rings. The molecule has 0 bridgehead atoms. The first-order valence-electron chi connectivity index (χ1n) is 5.94. The van der Waals surface area contributed by atoms with Crippen LogP contribution in [0.4, 0.5) is 5.69 Å². The van der Waals surface area contributed by atoms with Crippen molar-refractivity contribution >= 4 is 5.69 Å². The Morgan fingerprint density at radius 3 is 2.19 bits per heavy atom. The van der Waals surface area contributed by atoms with Crippen molar-refractivity contribution in [3.8, 4) is 0 Å². The van der Waals surface area contributed by atoms with E-state index >= 15 is 0 Å². The number of hydrogen-bond donors (Lipinski definition) is 1. The van der Waals surface area contributed by atoms with E-state index < -0.39 is 0 Å². The molecule has 0 saturated carbocycles. The van der Waals surface area contributed by atoms with Crippen molar-refractivity contribution in [2.45, 2.75) is 39.5 Å². The van der Waals surface area contributed by atoms with Crippen LogP contribution in [-0.2, 0) is 5.41 Å². The van der Waals surface area contributed by atoms with Crippen molar-refractivity contribution in [1.82, 2.24) is 0 Å². The number of anilines is 1. The zero-order chi connectivity index (χ0) is 12.2. The molecule has 88 valence electrons. The maximum absolute atomic E-state index is 3.98. The quantitative estimate of drug-likeness (QED) is 0.739. The van der Waals surface area contributed by atoms with Gasteiger partial charge in [0.05, 0.1) is 0 Å². The molecule has 0 heterocycles. The van der Waals surface area contributed by atoms with Gasteiger partial charge < -0.3 is 5.32 Å². The number of benzene rings is 1. The molecular weight excluding hydrogens is 194 g/mol. The summed E-state index contributed by atoms with van der Waals surface area (Å²) in [5.74, 6) is 0. The summed E-state index contributed by atoms with van der Waals surface area (Å²) in [6.07, 6.45) is 1.03. The second-order valence-corrected chi connectivity index (χ2v) is 5.28. The molecule has 1 aromatic carbocycles. The lowest BCUT2D eigenvalue weighted by molar-refractivity contribution is 0.590. The molecule has 0 aromatic heterocycles. The molecule has 1 N–H and O–H groups in total. The van der Waals surface area contributed by atoms with Gasteiger partial charge in [0, 0.05) is 12.2 Å². The van der Waals surface area contributed by atoms with Crippen molar-refractivity contribution in [1.29, 1.82) is 0 Å². The molecule has 0 unspecified atom stereocenters. The van der Waals surface area contributed by atoms with Gasteiger partial charge in [0.1, 0.15) is 0 Å². The number of nitrogens with one attached hydrogen (secondary N) is 1. The highest BCUT2D eigenvalue weighted by Gasteiger charge is 2.12. The summed E-state index contributed by atoms with van der Waals surface area (Å²) < 4.78 is 0. The van der Waals surface area contributed by atoms with Crippen molar-refractivity contribution in [2.24, 2.45) is 0 Å². The topological polar surface area (TPSA) is 12.0 Å². The fourth-order valence-corrected chi connectivity index (χ4v) is 1.44. The maximum atomic E-state index is 3.98. The summed E-state index contributed by atoms with van der Waals surface area (Å²) in [5.41, 5.74) is 4.00. The van der Waals surface area contributed by atoms with E-state index in [9.17, 15) is 0 Å². The standard InChI is InChI=1S/C15H23N/c1-6-12(2)11-16-14-9-7-13(8-10-14)15(3,4)5/h7-10,16H,2,6,11H2,1,3-5H3. The zero-order valence-electron chi connectivity index (χ0n) is 10.9. The normalized spacial score (nSPS) is 11.2. The molecule has 16 heavy (non-hydrogen) atoms. The van der Waals surface area contributed by atoms with Gasteiger partial charge in [0.25, 0.3) is 0 Å². The van der Waals surface area contributed by atoms with Crippen molar-refractivity contribution in [2.75, 3.05) is 11.9 Å². The van der Waals surface area contributed by atoms with E-state index in [4.69, 9.17) is 0 Å². The highest BCUT2D eigenvalue weighted by Crippen LogP contribution is 2.23. The predicted octanol–water partition coefficient (Wildman–Crippen LogP) is 4.36. The highest BCUT2D eigenvalue weighted by atomic mass is 14.9. The minimum absolute atomic E-state index is 0.228. The van der Waals surface area contributed by atoms with Crippen LogP contribution in [0.5, 0.6) is 0 Å². The third kappa shape index (κ3) is 3.73. The Morgan fingerprint density at radius 2 is 1.75 bits per heavy atom. The predicted molar refractivity (Wildman–Crippen MR) is 73.1 cm³/mol. The van der Waals surface area contributed by atoms with E-state index in [1.165, 1.54) is 16.8 Å². The first-order chi connectivity index (χ1) is 7.43. The van der Waals surface area contributed by atoms with Crippen LogP contribution in [0.3, 0.4) is 0 Å². The van der Waals surface area contributed by atoms with Gasteiger partial charge >= 0.3 is 0 Å². The SMILES string of the molecule is C=C(CC)CNc1ccc(C(C)(C)C)cc1. The average molecular weight is 217 g/mol. The Morgan fingerprint density at radius 1 is 1.19 bits per heavy atom. The molecule has 0 aliphatic rings. The van der Waals surface area contributed by atoms with Crippen LogP contribution in [0.15, 0.2) is 36.4 Å². The Kier molecular flexibility index (Phi) is 4.17. The van der Waals surface area contributed by atoms with E-state index in [0.717, 1.165) is 13.0 Å². The molecular formula is C15H23N. The third-order valence-electron chi connectivity index (χ3n) is 2.79. The van der Waals surface area contributed by atoms with Crippen LogP contribution in [0, 0.1) is 0 Å². The third-order valence-corrected chi connectivity index (χ3v) is 2.79. The Balaban J connectivity index is 2.62. The summed E-state index contributed by atoms with van der Waals surface area (Å²) in [4.78, 5) is 0. The summed E-state index contributed by atoms with van der Waals surface area (Å²) in [6.45, 7) is 13.7. The number of hydrogen-bond acceptors (Lipinski definition) is 1. The first kappa shape index (κ1) is 12.8. The van der Waals surface area contributed by atoms with E-state index in [-0.39, 0.29) is 5.41 Å². The molecule has 0 radical (unpaired) electrons. The van der Waals surface area contributed by atoms with Crippen LogP contribution in [0.1, 0.15) is 39.7 Å². The zero-order valence-corrected chi connectivity index (χ0v) is 10.9. The average Bonchev–Trinajstić information content (AvgIpc) is 2.25. The van der Waals surface area contributed by atoms with Gasteiger partial charge in [-0.25, -0.2) is 0 Å². The molecule has 0 spiro atoms. The lowest BCUT2D eigenvalue weighted by Crippen LogP contribution is -2.11. The molecule has 0 aliphatic carbocycles. The van der Waals surface area contributed by atoms with Gasteiger partial charge in [0.15, 0.2) is 0 Å². The molecule has 0 amide bonds. The lowest BCUT2D eigenvalue weighted by atomic mass is 9.87. The van der Waals surface area contributed by atoms with Gasteiger partial charge in [-0.3, -0.25) is 0 Å². The van der Waals surface area contributed by atoms with E-state index in [1.54, 1.807) is 0 Å². The minimum atomic E-state index is 0.228. The smallest absolute Gasteiger partial charge is 0.0357 e. The summed E-state index contributed by atoms with van der Waals surface area (Å²) in [5, 5.41) is 3.37. The Bertz CT molecular complexity index is 341. The van der Waals surface area contributed by atoms with Crippen LogP contribution in [-0.4, -0.2) is 6.54 Å². The largest absolute Gasteiger partial charge is 0.381 e. The van der Waals surface area contributed by atoms with E-state index in [0.29, 0.717) is 0 Å². The summed E-state index contributed by atoms with van der Waals surface area (Å²) >= 11 is 0. The molecule has 0 fully saturated rings. The van der Waals surface area contributed by atoms with Crippen LogP contribution < -0.4 is 5.32 Å². The number of rotatable bonds is 4. The Hall–Kier alpha value is -1.24. The van der Waals surface area contributed by atoms with Crippen molar-refractivity contribution < 1.29 is 0 Å². The molecule has 0 saturated heterocycles. The fraction of sp³-hybridized carbons (Fsp3) is 0.467. The lowest BCUT2D eigenvalue weighted by Gasteiger charge is -2.19. The van der Waals surface area contributed by atoms with Crippen LogP contribution in [0.25, 0.3) is 0 Å². The van der Waals surface area contributed by atoms with Crippen molar-refractivity contribution in [3.05, 3.63) is 42.0 Å². The molecule has 1 heteroatoms. The van der Waals surface area contributed by atoms with E-state index in [2.05, 4.69) is 63.9 Å². The molecule has 1 nitrogen and oxygen atoms in total. The van der Waals surface area contributed by atoms with Gasteiger partial charge in [0.2, 0.25) is 0 Å². The van der Waals surface area contributed by atoms with Crippen LogP contribution >= 0.6 is 0 Å². The summed E-state index contributed by atoms with van der Waals surface area (Å²) in [6, 6.07) is 8.67. The Labute approximate surface area is 99.6 Å². The molecule has 0 aliphatic heterocycles. The van der Waals surface area contributed by atoms with Crippen LogP contribution in [0.2, 0.25) is 0 Å². The minimum Gasteiger partial charge on any atom is -0.381 e. The second kappa shape index (κ2) is 5.20. The summed E-state index contributed by atoms with van der Waals surface area (Å²) in [7, 11) is 0. The first-order valence-corrected chi connectivity index (χ1v) is 5.94. The maximum Gasteiger partial charge on any atom is 0.0357 e. The fourth-order valence-electron chi connectivity index (χ4n) is 1.44. The van der Waals surface area contributed by atoms with Gasteiger partial charge in [-0.2, -0.15) is 0 Å². The van der Waals surface area contributed by atoms with E-state index in [1.807, 2.05) is 0 Å². The highest BCUT2D eigenvalue weighted by molar-refractivity contribution is 5.46. The monoisotopic (exact) mass is 217 g/mol. The van der Waals surface area contributed by atoms with Gasteiger partial charge in [-0.15, -0.1) is 0 Å². The van der Waals surface area contributed by atoms with Gasteiger partial charge in [-0.05, 0) is 29.5 Å². The molecule has 1 rings (SSSR count). The molecule has 0 atom stereocenters. The van der Waals surface area contributed by atoms with Gasteiger partial charge in [-0.1, -0.05) is 52.0 Å².